The highest BCUT2D eigenvalue weighted by Gasteiger charge is 2.37. The molecule has 1 aromatic heterocycles. The van der Waals surface area contributed by atoms with E-state index in [1.54, 1.807) is 24.1 Å². The maximum Gasteiger partial charge on any atom is 0.416 e. The third kappa shape index (κ3) is 5.41. The Kier molecular flexibility index (Phi) is 7.09. The quantitative estimate of drug-likeness (QED) is 0.375. The van der Waals surface area contributed by atoms with E-state index >= 15 is 0 Å². The van der Waals surface area contributed by atoms with E-state index in [1.807, 2.05) is 0 Å². The molecule has 0 radical (unpaired) electrons. The van der Waals surface area contributed by atoms with Gasteiger partial charge in [0.2, 0.25) is 0 Å². The number of benzene rings is 2. The number of amides is 1. The minimum Gasteiger partial charge on any atom is -0.366 e. The summed E-state index contributed by atoms with van der Waals surface area (Å²) in [6.45, 7) is -0.203. The number of carbonyl (C=O) groups is 1. The van der Waals surface area contributed by atoms with Crippen LogP contribution in [0.4, 0.5) is 36.4 Å². The molecule has 2 heterocycles. The van der Waals surface area contributed by atoms with E-state index in [2.05, 4.69) is 0 Å². The number of pyridine rings is 1. The molecule has 12 heteroatoms. The van der Waals surface area contributed by atoms with Gasteiger partial charge in [0.25, 0.3) is 11.5 Å². The van der Waals surface area contributed by atoms with Gasteiger partial charge >= 0.3 is 12.4 Å². The summed E-state index contributed by atoms with van der Waals surface area (Å²) in [5.74, 6) is -1.37. The Morgan fingerprint density at radius 3 is 2.05 bits per heavy atom. The molecule has 1 aliphatic heterocycles. The zero-order valence-electron chi connectivity index (χ0n) is 20.9. The van der Waals surface area contributed by atoms with Gasteiger partial charge in [-0.1, -0.05) is 24.3 Å². The first-order chi connectivity index (χ1) is 18.1. The fourth-order valence-electron chi connectivity index (χ4n) is 4.54. The summed E-state index contributed by atoms with van der Waals surface area (Å²) < 4.78 is 94.8. The number of aromatic nitrogens is 1. The molecule has 0 aliphatic carbocycles. The number of halogens is 7. The Morgan fingerprint density at radius 2 is 1.51 bits per heavy atom. The predicted molar refractivity (Wildman–Crippen MR) is 132 cm³/mol. The van der Waals surface area contributed by atoms with Gasteiger partial charge in [0.15, 0.2) is 0 Å². The van der Waals surface area contributed by atoms with Gasteiger partial charge in [-0.15, -0.1) is 0 Å². The second kappa shape index (κ2) is 9.90. The lowest BCUT2D eigenvalue weighted by Gasteiger charge is -2.29. The molecule has 0 N–H and O–H groups in total. The SMILES string of the molecule is CN(Cc1cc(C(F)(F)F)cc(C(F)(F)F)c1)C(=O)c1c(-c2ccc(F)cc2)c2c(c(=O)n1C)N(C)CC=C2. The normalized spacial score (nSPS) is 13.4. The molecule has 0 fully saturated rings. The van der Waals surface area contributed by atoms with E-state index in [0.717, 1.165) is 9.47 Å². The molecular weight excluding hydrogens is 531 g/mol. The lowest BCUT2D eigenvalue weighted by Crippen LogP contribution is -2.37. The van der Waals surface area contributed by atoms with Gasteiger partial charge in [-0.25, -0.2) is 4.39 Å². The minimum absolute atomic E-state index is 0.00792. The van der Waals surface area contributed by atoms with Crippen LogP contribution in [0.2, 0.25) is 0 Å². The largest absolute Gasteiger partial charge is 0.416 e. The van der Waals surface area contributed by atoms with Crippen molar-refractivity contribution in [1.82, 2.24) is 9.47 Å². The van der Waals surface area contributed by atoms with Gasteiger partial charge in [-0.05, 0) is 41.5 Å². The van der Waals surface area contributed by atoms with E-state index in [4.69, 9.17) is 0 Å². The van der Waals surface area contributed by atoms with Crippen molar-refractivity contribution >= 4 is 17.7 Å². The van der Waals surface area contributed by atoms with Gasteiger partial charge in [0, 0.05) is 45.4 Å². The number of rotatable bonds is 4. The average Bonchev–Trinajstić information content (AvgIpc) is 2.85. The molecule has 2 aromatic carbocycles. The smallest absolute Gasteiger partial charge is 0.366 e. The number of likely N-dealkylation sites (N-methyl/N-ethyl adjacent to an activating group) is 1. The van der Waals surface area contributed by atoms with Crippen molar-refractivity contribution in [2.45, 2.75) is 18.9 Å². The van der Waals surface area contributed by atoms with Crippen LogP contribution in [0.1, 0.15) is 32.7 Å². The summed E-state index contributed by atoms with van der Waals surface area (Å²) in [5.41, 5.74) is -2.78. The molecule has 0 spiro atoms. The van der Waals surface area contributed by atoms with Gasteiger partial charge in [0.1, 0.15) is 17.2 Å². The summed E-state index contributed by atoms with van der Waals surface area (Å²) in [6, 6.07) is 6.26. The fourth-order valence-corrected chi connectivity index (χ4v) is 4.54. The van der Waals surface area contributed by atoms with Crippen LogP contribution in [0.5, 0.6) is 0 Å². The van der Waals surface area contributed by atoms with Crippen LogP contribution in [0.15, 0.2) is 53.3 Å². The number of hydrogen-bond donors (Lipinski definition) is 0. The number of nitrogens with zero attached hydrogens (tertiary/aromatic N) is 3. The van der Waals surface area contributed by atoms with Gasteiger partial charge in [0.05, 0.1) is 11.1 Å². The van der Waals surface area contributed by atoms with Crippen LogP contribution in [-0.2, 0) is 25.9 Å². The molecule has 206 valence electrons. The molecule has 0 saturated heterocycles. The molecule has 0 bridgehead atoms. The molecule has 0 atom stereocenters. The summed E-state index contributed by atoms with van der Waals surface area (Å²) in [4.78, 5) is 29.6. The van der Waals surface area contributed by atoms with Crippen molar-refractivity contribution in [1.29, 1.82) is 0 Å². The minimum atomic E-state index is -5.05. The first-order valence-corrected chi connectivity index (χ1v) is 11.5. The van der Waals surface area contributed by atoms with Crippen molar-refractivity contribution < 1.29 is 35.5 Å². The fraction of sp³-hybridized carbons (Fsp3) is 0.259. The van der Waals surface area contributed by atoms with Crippen LogP contribution in [0, 0.1) is 5.82 Å². The Bertz CT molecular complexity index is 1490. The topological polar surface area (TPSA) is 45.6 Å². The molecule has 0 unspecified atom stereocenters. The van der Waals surface area contributed by atoms with Crippen LogP contribution in [0.3, 0.4) is 0 Å². The van der Waals surface area contributed by atoms with Gasteiger partial charge < -0.3 is 14.4 Å². The summed E-state index contributed by atoms with van der Waals surface area (Å²) in [6.07, 6.45) is -6.69. The van der Waals surface area contributed by atoms with E-state index in [-0.39, 0.29) is 23.0 Å². The molecule has 5 nitrogen and oxygen atoms in total. The first kappa shape index (κ1) is 27.9. The second-order valence-corrected chi connectivity index (χ2v) is 9.22. The Balaban J connectivity index is 1.86. The summed E-state index contributed by atoms with van der Waals surface area (Å²) in [5, 5.41) is 0. The number of anilines is 1. The summed E-state index contributed by atoms with van der Waals surface area (Å²) in [7, 11) is 4.22. The highest BCUT2D eigenvalue weighted by Crippen LogP contribution is 2.38. The van der Waals surface area contributed by atoms with Crippen LogP contribution in [0.25, 0.3) is 17.2 Å². The third-order valence-electron chi connectivity index (χ3n) is 6.40. The first-order valence-electron chi connectivity index (χ1n) is 11.5. The number of hydrogen-bond acceptors (Lipinski definition) is 3. The number of carbonyl (C=O) groups excluding carboxylic acids is 1. The highest BCUT2D eigenvalue weighted by molar-refractivity contribution is 6.03. The molecular formula is C27H22F7N3O2. The zero-order chi connectivity index (χ0) is 28.9. The maximum absolute atomic E-state index is 13.7. The lowest BCUT2D eigenvalue weighted by molar-refractivity contribution is -0.143. The van der Waals surface area contributed by atoms with Crippen molar-refractivity contribution in [3.8, 4) is 11.1 Å². The predicted octanol–water partition coefficient (Wildman–Crippen LogP) is 5.96. The van der Waals surface area contributed by atoms with Gasteiger partial charge in [-0.3, -0.25) is 9.59 Å². The Hall–Kier alpha value is -4.09. The second-order valence-electron chi connectivity index (χ2n) is 9.22. The molecule has 0 saturated carbocycles. The van der Waals surface area contributed by atoms with Crippen LogP contribution < -0.4 is 10.5 Å². The van der Waals surface area contributed by atoms with Crippen LogP contribution >= 0.6 is 0 Å². The molecule has 1 amide bonds. The van der Waals surface area contributed by atoms with E-state index < -0.39 is 52.9 Å². The molecule has 3 aromatic rings. The third-order valence-corrected chi connectivity index (χ3v) is 6.40. The van der Waals surface area contributed by atoms with Crippen molar-refractivity contribution in [2.75, 3.05) is 25.5 Å². The van der Waals surface area contributed by atoms with E-state index in [1.165, 1.54) is 38.4 Å². The molecule has 4 rings (SSSR count). The monoisotopic (exact) mass is 553 g/mol. The van der Waals surface area contributed by atoms with Gasteiger partial charge in [-0.2, -0.15) is 26.3 Å². The average molecular weight is 553 g/mol. The van der Waals surface area contributed by atoms with Crippen LogP contribution in [-0.4, -0.2) is 36.0 Å². The zero-order valence-corrected chi connectivity index (χ0v) is 20.9. The van der Waals surface area contributed by atoms with Crippen molar-refractivity contribution in [3.05, 3.63) is 92.7 Å². The van der Waals surface area contributed by atoms with E-state index in [9.17, 15) is 40.3 Å². The number of alkyl halides is 6. The van der Waals surface area contributed by atoms with E-state index in [0.29, 0.717) is 29.8 Å². The Morgan fingerprint density at radius 1 is 0.949 bits per heavy atom. The molecule has 39 heavy (non-hydrogen) atoms. The van der Waals surface area contributed by atoms with Crippen molar-refractivity contribution in [2.24, 2.45) is 7.05 Å². The highest BCUT2D eigenvalue weighted by atomic mass is 19.4. The Labute approximate surface area is 218 Å². The molecule has 1 aliphatic rings. The standard InChI is InChI=1S/C27H22F7N3O2/c1-35-10-4-5-20-21(16-6-8-19(28)9-7-16)23(37(3)25(39)22(20)35)24(38)36(2)14-15-11-17(26(29,30)31)13-18(12-15)27(32,33)34/h4-9,11-13H,10,14H2,1-3H3. The summed E-state index contributed by atoms with van der Waals surface area (Å²) >= 11 is 0. The van der Waals surface area contributed by atoms with Crippen molar-refractivity contribution in [3.63, 3.8) is 0 Å². The number of fused-ring (bicyclic) bond motifs is 1. The maximum atomic E-state index is 13.7. The lowest BCUT2D eigenvalue weighted by atomic mass is 9.93.